The maximum Gasteiger partial charge on any atom is 0.331 e. The van der Waals surface area contributed by atoms with Crippen molar-refractivity contribution in [3.63, 3.8) is 0 Å². The molecule has 1 aromatic rings. The Morgan fingerprint density at radius 2 is 2.18 bits per heavy atom. The summed E-state index contributed by atoms with van der Waals surface area (Å²) in [6.45, 7) is -0.869. The van der Waals surface area contributed by atoms with Gasteiger partial charge in [-0.3, -0.25) is 4.84 Å². The summed E-state index contributed by atoms with van der Waals surface area (Å²) in [5.74, 6) is -2.16. The molecule has 0 amide bonds. The molecule has 0 aromatic heterocycles. The van der Waals surface area contributed by atoms with E-state index in [-0.39, 0.29) is 5.02 Å². The Labute approximate surface area is 101 Å². The fourth-order valence-corrected chi connectivity index (χ4v) is 2.22. The zero-order valence-corrected chi connectivity index (χ0v) is 9.76. The van der Waals surface area contributed by atoms with Crippen molar-refractivity contribution in [2.45, 2.75) is 4.90 Å². The molecule has 94 valence electrons. The summed E-state index contributed by atoms with van der Waals surface area (Å²) in [5, 5.41) is 8.02. The van der Waals surface area contributed by atoms with Gasteiger partial charge in [0.1, 0.15) is 10.7 Å². The number of carboxylic acid groups (broad SMARTS) is 1. The van der Waals surface area contributed by atoms with E-state index >= 15 is 0 Å². The van der Waals surface area contributed by atoms with Crippen LogP contribution in [0.3, 0.4) is 0 Å². The van der Waals surface area contributed by atoms with E-state index in [1.807, 2.05) is 0 Å². The van der Waals surface area contributed by atoms with Crippen molar-refractivity contribution in [2.24, 2.45) is 0 Å². The minimum atomic E-state index is -4.22. The Morgan fingerprint density at radius 3 is 2.76 bits per heavy atom. The number of rotatable bonds is 5. The van der Waals surface area contributed by atoms with E-state index in [1.165, 1.54) is 4.89 Å². The number of carbonyl (C=O) groups is 1. The zero-order valence-electron chi connectivity index (χ0n) is 8.18. The molecule has 17 heavy (non-hydrogen) atoms. The fraction of sp³-hybridized carbons (Fsp3) is 0.125. The van der Waals surface area contributed by atoms with Crippen molar-refractivity contribution < 1.29 is 27.5 Å². The highest BCUT2D eigenvalue weighted by Gasteiger charge is 2.19. The maximum atomic E-state index is 12.8. The molecule has 2 N–H and O–H groups in total. The number of hydrogen-bond acceptors (Lipinski definition) is 4. The molecule has 0 radical (unpaired) electrons. The number of nitrogens with one attached hydrogen (secondary N) is 1. The first-order valence-corrected chi connectivity index (χ1v) is 5.99. The van der Waals surface area contributed by atoms with Crippen LogP contribution in [0, 0.1) is 5.82 Å². The highest BCUT2D eigenvalue weighted by molar-refractivity contribution is 7.89. The van der Waals surface area contributed by atoms with Gasteiger partial charge in [-0.25, -0.2) is 17.6 Å². The second kappa shape index (κ2) is 5.41. The van der Waals surface area contributed by atoms with E-state index in [4.69, 9.17) is 16.7 Å². The Bertz CT molecular complexity index is 533. The van der Waals surface area contributed by atoms with E-state index in [9.17, 15) is 17.6 Å². The Morgan fingerprint density at radius 1 is 1.53 bits per heavy atom. The summed E-state index contributed by atoms with van der Waals surface area (Å²) < 4.78 is 35.9. The number of carboxylic acids is 1. The molecular formula is C8H7ClFNO5S. The van der Waals surface area contributed by atoms with Gasteiger partial charge in [-0.15, -0.1) is 0 Å². The molecule has 0 unspecified atom stereocenters. The van der Waals surface area contributed by atoms with Crippen LogP contribution in [-0.4, -0.2) is 26.1 Å². The molecule has 0 fully saturated rings. The second-order valence-electron chi connectivity index (χ2n) is 2.84. The molecule has 6 nitrogen and oxygen atoms in total. The lowest BCUT2D eigenvalue weighted by Crippen LogP contribution is -2.27. The highest BCUT2D eigenvalue weighted by Crippen LogP contribution is 2.21. The number of hydrogen-bond donors (Lipinski definition) is 2. The molecule has 0 spiro atoms. The number of sulfonamides is 1. The minimum absolute atomic E-state index is 0.210. The van der Waals surface area contributed by atoms with E-state index < -0.39 is 33.3 Å². The van der Waals surface area contributed by atoms with E-state index in [1.54, 1.807) is 0 Å². The Hall–Kier alpha value is -1.22. The summed E-state index contributed by atoms with van der Waals surface area (Å²) >= 11 is 5.56. The van der Waals surface area contributed by atoms with Crippen LogP contribution >= 0.6 is 11.6 Å². The third-order valence-electron chi connectivity index (χ3n) is 1.55. The normalized spacial score (nSPS) is 11.4. The van der Waals surface area contributed by atoms with Crippen LogP contribution in [0.5, 0.6) is 0 Å². The van der Waals surface area contributed by atoms with Crippen LogP contribution in [0.25, 0.3) is 0 Å². The van der Waals surface area contributed by atoms with Crippen LogP contribution in [0.4, 0.5) is 4.39 Å². The molecule has 0 aliphatic rings. The molecule has 0 bridgehead atoms. The number of halogens is 2. The van der Waals surface area contributed by atoms with Crippen molar-refractivity contribution in [1.29, 1.82) is 0 Å². The van der Waals surface area contributed by atoms with Crippen molar-refractivity contribution in [3.8, 4) is 0 Å². The molecule has 0 heterocycles. The van der Waals surface area contributed by atoms with Gasteiger partial charge in [0.2, 0.25) is 0 Å². The van der Waals surface area contributed by atoms with Crippen LogP contribution in [0.2, 0.25) is 5.02 Å². The first-order valence-electron chi connectivity index (χ1n) is 4.13. The summed E-state index contributed by atoms with van der Waals surface area (Å²) in [5.41, 5.74) is 0. The van der Waals surface area contributed by atoms with Gasteiger partial charge in [-0.1, -0.05) is 16.5 Å². The molecule has 1 aromatic carbocycles. The summed E-state index contributed by atoms with van der Waals surface area (Å²) in [6.07, 6.45) is 0. The molecule has 0 saturated heterocycles. The third kappa shape index (κ3) is 3.93. The van der Waals surface area contributed by atoms with Gasteiger partial charge >= 0.3 is 5.97 Å². The molecule has 0 atom stereocenters. The van der Waals surface area contributed by atoms with E-state index in [0.717, 1.165) is 12.1 Å². The van der Waals surface area contributed by atoms with Crippen LogP contribution < -0.4 is 4.89 Å². The van der Waals surface area contributed by atoms with Gasteiger partial charge < -0.3 is 5.11 Å². The van der Waals surface area contributed by atoms with Gasteiger partial charge in [0.25, 0.3) is 10.0 Å². The van der Waals surface area contributed by atoms with Crippen LogP contribution in [-0.2, 0) is 19.7 Å². The van der Waals surface area contributed by atoms with Crippen LogP contribution in [0.1, 0.15) is 0 Å². The van der Waals surface area contributed by atoms with Crippen LogP contribution in [0.15, 0.2) is 23.1 Å². The molecule has 9 heteroatoms. The lowest BCUT2D eigenvalue weighted by atomic mass is 10.3. The summed E-state index contributed by atoms with van der Waals surface area (Å²) in [4.78, 5) is 15.3. The fourth-order valence-electron chi connectivity index (χ4n) is 0.897. The van der Waals surface area contributed by atoms with Gasteiger partial charge in [-0.05, 0) is 18.2 Å². The first kappa shape index (κ1) is 13.8. The number of aliphatic carboxylic acids is 1. The quantitative estimate of drug-likeness (QED) is 0.779. The summed E-state index contributed by atoms with van der Waals surface area (Å²) in [6, 6.07) is 2.73. The van der Waals surface area contributed by atoms with Gasteiger partial charge in [-0.2, -0.15) is 0 Å². The molecule has 1 rings (SSSR count). The molecule has 0 saturated carbocycles. The molecular weight excluding hydrogens is 277 g/mol. The Kier molecular flexibility index (Phi) is 4.40. The smallest absolute Gasteiger partial charge is 0.331 e. The van der Waals surface area contributed by atoms with Crippen molar-refractivity contribution in [3.05, 3.63) is 29.0 Å². The topological polar surface area (TPSA) is 92.7 Å². The minimum Gasteiger partial charge on any atom is -0.479 e. The first-order chi connectivity index (χ1) is 7.83. The summed E-state index contributed by atoms with van der Waals surface area (Å²) in [7, 11) is -4.22. The van der Waals surface area contributed by atoms with Gasteiger partial charge in [0.05, 0.1) is 5.02 Å². The monoisotopic (exact) mass is 283 g/mol. The average molecular weight is 284 g/mol. The molecule has 0 aliphatic heterocycles. The lowest BCUT2D eigenvalue weighted by Gasteiger charge is -2.07. The Balaban J connectivity index is 2.89. The third-order valence-corrected chi connectivity index (χ3v) is 3.24. The second-order valence-corrected chi connectivity index (χ2v) is 4.86. The molecule has 0 aliphatic carbocycles. The van der Waals surface area contributed by atoms with Crippen molar-refractivity contribution in [1.82, 2.24) is 4.89 Å². The predicted molar refractivity (Wildman–Crippen MR) is 55.3 cm³/mol. The maximum absolute atomic E-state index is 12.8. The van der Waals surface area contributed by atoms with Crippen molar-refractivity contribution in [2.75, 3.05) is 6.61 Å². The van der Waals surface area contributed by atoms with Crippen molar-refractivity contribution >= 4 is 27.6 Å². The van der Waals surface area contributed by atoms with E-state index in [0.29, 0.717) is 6.07 Å². The predicted octanol–water partition coefficient (Wildman–Crippen LogP) is 0.774. The number of benzene rings is 1. The SMILES string of the molecule is O=C(O)CONS(=O)(=O)c1cc(F)ccc1Cl. The lowest BCUT2D eigenvalue weighted by molar-refractivity contribution is -0.143. The standard InChI is InChI=1S/C8H7ClFNO5S/c9-6-2-1-5(10)3-7(6)17(14,15)11-16-4-8(12)13/h1-3,11H,4H2,(H,12,13). The zero-order chi connectivity index (χ0) is 13.1. The van der Waals surface area contributed by atoms with E-state index in [2.05, 4.69) is 4.84 Å². The average Bonchev–Trinajstić information content (AvgIpc) is 2.20. The van der Waals surface area contributed by atoms with Gasteiger partial charge in [0.15, 0.2) is 6.61 Å². The van der Waals surface area contributed by atoms with Gasteiger partial charge in [0, 0.05) is 0 Å². The highest BCUT2D eigenvalue weighted by atomic mass is 35.5. The largest absolute Gasteiger partial charge is 0.479 e.